The number of carbonyl (C=O) groups excluding carboxylic acids is 2. The number of hydrogen-bond donors (Lipinski definition) is 2. The van der Waals surface area contributed by atoms with Gasteiger partial charge in [-0.15, -0.1) is 0 Å². The summed E-state index contributed by atoms with van der Waals surface area (Å²) in [6.45, 7) is 5.31. The Balaban J connectivity index is 1.12. The third-order valence-electron chi connectivity index (χ3n) is 7.12. The van der Waals surface area contributed by atoms with E-state index in [0.29, 0.717) is 36.1 Å². The van der Waals surface area contributed by atoms with Gasteiger partial charge in [-0.1, -0.05) is 41.6 Å². The van der Waals surface area contributed by atoms with Crippen LogP contribution in [0.25, 0.3) is 11.4 Å². The van der Waals surface area contributed by atoms with E-state index in [0.717, 1.165) is 56.5 Å². The van der Waals surface area contributed by atoms with Crippen molar-refractivity contribution in [1.29, 1.82) is 0 Å². The van der Waals surface area contributed by atoms with Crippen LogP contribution in [-0.2, 0) is 16.1 Å². The first-order chi connectivity index (χ1) is 18.1. The van der Waals surface area contributed by atoms with E-state index in [4.69, 9.17) is 9.26 Å². The van der Waals surface area contributed by atoms with Crippen molar-refractivity contribution in [3.05, 3.63) is 65.5 Å². The fourth-order valence-electron chi connectivity index (χ4n) is 4.93. The lowest BCUT2D eigenvalue weighted by Crippen LogP contribution is -2.38. The van der Waals surface area contributed by atoms with Crippen molar-refractivity contribution < 1.29 is 18.8 Å². The highest BCUT2D eigenvalue weighted by Crippen LogP contribution is 2.24. The number of nitrogens with one attached hydrogen (secondary N) is 2. The molecule has 2 aliphatic heterocycles. The maximum atomic E-state index is 13.0. The fourth-order valence-corrected chi connectivity index (χ4v) is 4.93. The number of carbonyl (C=O) groups is 2. The molecule has 194 valence electrons. The summed E-state index contributed by atoms with van der Waals surface area (Å²) in [7, 11) is 0. The van der Waals surface area contributed by atoms with E-state index in [-0.39, 0.29) is 23.8 Å². The number of aryl methyl sites for hydroxylation is 1. The Bertz CT molecular complexity index is 1230. The van der Waals surface area contributed by atoms with Gasteiger partial charge in [-0.05, 0) is 63.4 Å². The lowest BCUT2D eigenvalue weighted by molar-refractivity contribution is -0.121. The van der Waals surface area contributed by atoms with E-state index in [1.165, 1.54) is 0 Å². The van der Waals surface area contributed by atoms with Gasteiger partial charge in [0.25, 0.3) is 5.91 Å². The summed E-state index contributed by atoms with van der Waals surface area (Å²) >= 11 is 0. The van der Waals surface area contributed by atoms with Crippen LogP contribution in [-0.4, -0.2) is 59.2 Å². The predicted molar refractivity (Wildman–Crippen MR) is 139 cm³/mol. The second kappa shape index (κ2) is 11.7. The lowest BCUT2D eigenvalue weighted by atomic mass is 9.95. The van der Waals surface area contributed by atoms with Crippen molar-refractivity contribution in [3.63, 3.8) is 0 Å². The predicted octanol–water partition coefficient (Wildman–Crippen LogP) is 3.80. The Morgan fingerprint density at radius 1 is 1.05 bits per heavy atom. The van der Waals surface area contributed by atoms with Crippen molar-refractivity contribution >= 4 is 17.5 Å². The van der Waals surface area contributed by atoms with Crippen LogP contribution < -0.4 is 10.6 Å². The number of ether oxygens (including phenoxy) is 1. The van der Waals surface area contributed by atoms with E-state index >= 15 is 0 Å². The van der Waals surface area contributed by atoms with Gasteiger partial charge in [0.1, 0.15) is 0 Å². The standard InChI is InChI=1S/C28H33N5O4/c1-19-7-2-3-9-22(19)26-31-25(37-32-26)18-33-14-12-20(13-15-33)27(34)30-24-11-5-4-10-23(24)28(35)29-17-21-8-6-16-36-21/h2-5,7,9-11,20-21H,6,8,12-18H2,1H3,(H,29,35)(H,30,34). The number of para-hydroxylation sites is 1. The number of anilines is 1. The maximum absolute atomic E-state index is 13.0. The van der Waals surface area contributed by atoms with Gasteiger partial charge in [0.05, 0.1) is 23.9 Å². The van der Waals surface area contributed by atoms with E-state index in [1.54, 1.807) is 18.2 Å². The summed E-state index contributed by atoms with van der Waals surface area (Å²) in [4.78, 5) is 32.6. The molecule has 3 aromatic rings. The third-order valence-corrected chi connectivity index (χ3v) is 7.12. The van der Waals surface area contributed by atoms with Crippen LogP contribution in [0.15, 0.2) is 53.1 Å². The molecule has 1 atom stereocenters. The van der Waals surface area contributed by atoms with Gasteiger partial charge < -0.3 is 19.9 Å². The minimum Gasteiger partial charge on any atom is -0.376 e. The van der Waals surface area contributed by atoms with Crippen molar-refractivity contribution in [2.45, 2.75) is 45.3 Å². The molecule has 2 aromatic carbocycles. The Kier molecular flexibility index (Phi) is 7.91. The van der Waals surface area contributed by atoms with Crippen LogP contribution in [0.2, 0.25) is 0 Å². The summed E-state index contributed by atoms with van der Waals surface area (Å²) in [5.74, 6) is 0.791. The molecule has 9 nitrogen and oxygen atoms in total. The molecule has 0 spiro atoms. The molecule has 5 rings (SSSR count). The molecule has 2 N–H and O–H groups in total. The molecule has 0 aliphatic carbocycles. The van der Waals surface area contributed by atoms with Crippen molar-refractivity contribution in [1.82, 2.24) is 20.4 Å². The van der Waals surface area contributed by atoms with Crippen LogP contribution in [0, 0.1) is 12.8 Å². The highest BCUT2D eigenvalue weighted by Gasteiger charge is 2.27. The number of nitrogens with zero attached hydrogens (tertiary/aromatic N) is 3. The van der Waals surface area contributed by atoms with Crippen LogP contribution in [0.1, 0.15) is 47.5 Å². The highest BCUT2D eigenvalue weighted by molar-refractivity contribution is 6.04. The lowest BCUT2D eigenvalue weighted by Gasteiger charge is -2.30. The van der Waals surface area contributed by atoms with Gasteiger partial charge in [0.2, 0.25) is 17.6 Å². The smallest absolute Gasteiger partial charge is 0.253 e. The molecule has 1 aromatic heterocycles. The number of amides is 2. The molecule has 0 radical (unpaired) electrons. The number of likely N-dealkylation sites (tertiary alicyclic amines) is 1. The van der Waals surface area contributed by atoms with Crippen molar-refractivity contribution in [3.8, 4) is 11.4 Å². The molecule has 0 bridgehead atoms. The van der Waals surface area contributed by atoms with Crippen LogP contribution in [0.5, 0.6) is 0 Å². The summed E-state index contributed by atoms with van der Waals surface area (Å²) in [5, 5.41) is 10.1. The second-order valence-corrected chi connectivity index (χ2v) is 9.76. The largest absolute Gasteiger partial charge is 0.376 e. The summed E-state index contributed by atoms with van der Waals surface area (Å²) < 4.78 is 11.1. The molecule has 3 heterocycles. The Morgan fingerprint density at radius 3 is 2.62 bits per heavy atom. The Morgan fingerprint density at radius 2 is 1.84 bits per heavy atom. The van der Waals surface area contributed by atoms with E-state index in [1.807, 2.05) is 37.3 Å². The zero-order valence-corrected chi connectivity index (χ0v) is 21.1. The van der Waals surface area contributed by atoms with E-state index < -0.39 is 0 Å². The third kappa shape index (κ3) is 6.23. The normalized spacial score (nSPS) is 18.6. The first kappa shape index (κ1) is 25.1. The quantitative estimate of drug-likeness (QED) is 0.481. The average Bonchev–Trinajstić information content (AvgIpc) is 3.61. The first-order valence-electron chi connectivity index (χ1n) is 13.0. The van der Waals surface area contributed by atoms with E-state index in [2.05, 4.69) is 25.7 Å². The number of benzene rings is 2. The number of piperidine rings is 1. The molecule has 2 aliphatic rings. The molecule has 9 heteroatoms. The molecule has 2 amide bonds. The van der Waals surface area contributed by atoms with Gasteiger partial charge in [0.15, 0.2) is 0 Å². The Hall–Kier alpha value is -3.56. The molecular formula is C28H33N5O4. The average molecular weight is 504 g/mol. The SMILES string of the molecule is Cc1ccccc1-c1noc(CN2CCC(C(=O)Nc3ccccc3C(=O)NCC3CCCO3)CC2)n1. The molecule has 2 fully saturated rings. The minimum absolute atomic E-state index is 0.0568. The molecule has 1 unspecified atom stereocenters. The van der Waals surface area contributed by atoms with Crippen molar-refractivity contribution in [2.24, 2.45) is 5.92 Å². The zero-order valence-electron chi connectivity index (χ0n) is 21.1. The fraction of sp³-hybridized carbons (Fsp3) is 0.429. The first-order valence-corrected chi connectivity index (χ1v) is 13.0. The van der Waals surface area contributed by atoms with Gasteiger partial charge >= 0.3 is 0 Å². The number of aromatic nitrogens is 2. The highest BCUT2D eigenvalue weighted by atomic mass is 16.5. The van der Waals surface area contributed by atoms with Crippen LogP contribution >= 0.6 is 0 Å². The maximum Gasteiger partial charge on any atom is 0.253 e. The molecular weight excluding hydrogens is 470 g/mol. The van der Waals surface area contributed by atoms with E-state index in [9.17, 15) is 9.59 Å². The number of hydrogen-bond acceptors (Lipinski definition) is 7. The minimum atomic E-state index is -0.203. The van der Waals surface area contributed by atoms with Crippen LogP contribution in [0.3, 0.4) is 0 Å². The van der Waals surface area contributed by atoms with Crippen LogP contribution in [0.4, 0.5) is 5.69 Å². The van der Waals surface area contributed by atoms with Gasteiger partial charge in [-0.3, -0.25) is 14.5 Å². The van der Waals surface area contributed by atoms with Gasteiger partial charge in [0, 0.05) is 24.6 Å². The Labute approximate surface area is 216 Å². The monoisotopic (exact) mass is 503 g/mol. The topological polar surface area (TPSA) is 110 Å². The summed E-state index contributed by atoms with van der Waals surface area (Å²) in [6, 6.07) is 15.1. The molecule has 2 saturated heterocycles. The molecule has 0 saturated carbocycles. The number of rotatable bonds is 8. The zero-order chi connectivity index (χ0) is 25.6. The van der Waals surface area contributed by atoms with Gasteiger partial charge in [-0.25, -0.2) is 0 Å². The van der Waals surface area contributed by atoms with Crippen molar-refractivity contribution in [2.75, 3.05) is 31.6 Å². The van der Waals surface area contributed by atoms with Gasteiger partial charge in [-0.2, -0.15) is 4.98 Å². The summed E-state index contributed by atoms with van der Waals surface area (Å²) in [5.41, 5.74) is 3.07. The summed E-state index contributed by atoms with van der Waals surface area (Å²) in [6.07, 6.45) is 3.49. The molecule has 37 heavy (non-hydrogen) atoms. The second-order valence-electron chi connectivity index (χ2n) is 9.76.